The number of nitrogens with two attached hydrogens (primary N) is 1. The summed E-state index contributed by atoms with van der Waals surface area (Å²) in [6.45, 7) is 0. The van der Waals surface area contributed by atoms with Gasteiger partial charge in [0.25, 0.3) is 5.91 Å². The van der Waals surface area contributed by atoms with Crippen molar-refractivity contribution in [1.82, 2.24) is 0 Å². The number of carbonyl (C=O) groups is 2. The van der Waals surface area contributed by atoms with E-state index < -0.39 is 5.91 Å². The maximum absolute atomic E-state index is 12.4. The summed E-state index contributed by atoms with van der Waals surface area (Å²) in [5, 5.41) is 4.34. The zero-order valence-electron chi connectivity index (χ0n) is 14.7. The fourth-order valence-corrected chi connectivity index (χ4v) is 4.99. The van der Waals surface area contributed by atoms with E-state index in [0.717, 1.165) is 42.5 Å². The number of benzene rings is 1. The van der Waals surface area contributed by atoms with Gasteiger partial charge in [-0.05, 0) is 55.0 Å². The van der Waals surface area contributed by atoms with E-state index in [9.17, 15) is 9.59 Å². The van der Waals surface area contributed by atoms with Crippen molar-refractivity contribution in [3.05, 3.63) is 55.9 Å². The van der Waals surface area contributed by atoms with Crippen molar-refractivity contribution in [1.29, 1.82) is 0 Å². The van der Waals surface area contributed by atoms with Crippen LogP contribution in [0, 0.1) is 0 Å². The second-order valence-electron chi connectivity index (χ2n) is 6.47. The highest BCUT2D eigenvalue weighted by molar-refractivity contribution is 7.17. The Morgan fingerprint density at radius 3 is 2.56 bits per heavy atom. The Morgan fingerprint density at radius 2 is 1.85 bits per heavy atom. The molecule has 7 heteroatoms. The third kappa shape index (κ3) is 4.92. The summed E-state index contributed by atoms with van der Waals surface area (Å²) in [6.07, 6.45) is 9.22. The molecule has 1 aliphatic carbocycles. The van der Waals surface area contributed by atoms with Gasteiger partial charge in [0.05, 0.1) is 5.56 Å². The molecule has 0 unspecified atom stereocenters. The third-order valence-electron chi connectivity index (χ3n) is 4.53. The van der Waals surface area contributed by atoms with Gasteiger partial charge < -0.3 is 11.1 Å². The molecule has 4 nitrogen and oxygen atoms in total. The van der Waals surface area contributed by atoms with Crippen LogP contribution >= 0.6 is 34.5 Å². The van der Waals surface area contributed by atoms with Crippen LogP contribution in [0.2, 0.25) is 10.0 Å². The van der Waals surface area contributed by atoms with Crippen LogP contribution < -0.4 is 11.1 Å². The van der Waals surface area contributed by atoms with E-state index >= 15 is 0 Å². The van der Waals surface area contributed by atoms with E-state index in [1.165, 1.54) is 23.8 Å². The minimum Gasteiger partial charge on any atom is -0.365 e. The van der Waals surface area contributed by atoms with Crippen molar-refractivity contribution in [2.75, 3.05) is 5.32 Å². The van der Waals surface area contributed by atoms with E-state index in [0.29, 0.717) is 26.2 Å². The Morgan fingerprint density at radius 1 is 1.11 bits per heavy atom. The number of anilines is 1. The molecule has 0 fully saturated rings. The molecule has 0 saturated heterocycles. The first-order chi connectivity index (χ1) is 13.0. The van der Waals surface area contributed by atoms with Crippen molar-refractivity contribution in [2.24, 2.45) is 5.73 Å². The van der Waals surface area contributed by atoms with Gasteiger partial charge in [0.2, 0.25) is 5.91 Å². The van der Waals surface area contributed by atoms with Gasteiger partial charge in [0.15, 0.2) is 0 Å². The lowest BCUT2D eigenvalue weighted by atomic mass is 9.96. The smallest absolute Gasteiger partial charge is 0.251 e. The molecule has 0 bridgehead atoms. The number of hydrogen-bond acceptors (Lipinski definition) is 3. The molecule has 1 heterocycles. The third-order valence-corrected chi connectivity index (χ3v) is 6.30. The number of amides is 2. The van der Waals surface area contributed by atoms with E-state index in [1.54, 1.807) is 24.3 Å². The Hall–Kier alpha value is -1.82. The quantitative estimate of drug-likeness (QED) is 0.641. The molecular formula is C20H20Cl2N2O2S. The van der Waals surface area contributed by atoms with Crippen molar-refractivity contribution in [3.63, 3.8) is 0 Å². The van der Waals surface area contributed by atoms with Crippen LogP contribution in [0.4, 0.5) is 5.00 Å². The average molecular weight is 423 g/mol. The molecule has 2 amide bonds. The molecule has 0 aliphatic heterocycles. The van der Waals surface area contributed by atoms with Crippen LogP contribution in [-0.4, -0.2) is 11.8 Å². The zero-order valence-corrected chi connectivity index (χ0v) is 17.0. The Kier molecular flexibility index (Phi) is 6.58. The monoisotopic (exact) mass is 422 g/mol. The molecule has 142 valence electrons. The largest absolute Gasteiger partial charge is 0.365 e. The second kappa shape index (κ2) is 8.91. The Labute approximate surface area is 172 Å². The van der Waals surface area contributed by atoms with E-state index in [1.807, 2.05) is 0 Å². The van der Waals surface area contributed by atoms with Crippen molar-refractivity contribution < 1.29 is 9.59 Å². The summed E-state index contributed by atoms with van der Waals surface area (Å²) < 4.78 is 0. The van der Waals surface area contributed by atoms with Crippen molar-refractivity contribution in [3.8, 4) is 0 Å². The van der Waals surface area contributed by atoms with Crippen LogP contribution in [0.15, 0.2) is 24.3 Å². The summed E-state index contributed by atoms with van der Waals surface area (Å²) in [6, 6.07) is 5.06. The molecular weight excluding hydrogens is 403 g/mol. The van der Waals surface area contributed by atoms with E-state index in [-0.39, 0.29) is 5.91 Å². The number of rotatable bonds is 4. The maximum atomic E-state index is 12.4. The first-order valence-electron chi connectivity index (χ1n) is 8.84. The average Bonchev–Trinajstić information content (AvgIpc) is 2.90. The molecule has 0 spiro atoms. The summed E-state index contributed by atoms with van der Waals surface area (Å²) in [5.41, 5.74) is 7.77. The van der Waals surface area contributed by atoms with Gasteiger partial charge in [-0.15, -0.1) is 11.3 Å². The number of aryl methyl sites for hydroxylation is 1. The van der Waals surface area contributed by atoms with Crippen LogP contribution in [0.5, 0.6) is 0 Å². The molecule has 3 N–H and O–H groups in total. The topological polar surface area (TPSA) is 72.2 Å². The fourth-order valence-electron chi connectivity index (χ4n) is 3.22. The first kappa shape index (κ1) is 19.9. The lowest BCUT2D eigenvalue weighted by Gasteiger charge is -2.10. The molecule has 0 atom stereocenters. The normalized spacial score (nSPS) is 14.4. The number of hydrogen-bond donors (Lipinski definition) is 2. The van der Waals surface area contributed by atoms with Gasteiger partial charge in [-0.2, -0.15) is 0 Å². The highest BCUT2D eigenvalue weighted by atomic mass is 35.5. The van der Waals surface area contributed by atoms with E-state index in [2.05, 4.69) is 5.32 Å². The molecule has 1 aromatic carbocycles. The SMILES string of the molecule is NC(=O)c1c(NC(=O)/C=C/c2ccc(Cl)cc2Cl)sc2c1CCCCCC2. The number of carbonyl (C=O) groups excluding carboxylic acids is 2. The predicted octanol–water partition coefficient (Wildman–Crippen LogP) is 5.46. The maximum Gasteiger partial charge on any atom is 0.251 e. The number of primary amides is 1. The summed E-state index contributed by atoms with van der Waals surface area (Å²) in [7, 11) is 0. The second-order valence-corrected chi connectivity index (χ2v) is 8.42. The number of nitrogens with one attached hydrogen (secondary N) is 1. The minimum absolute atomic E-state index is 0.335. The summed E-state index contributed by atoms with van der Waals surface area (Å²) in [5.74, 6) is -0.828. The number of fused-ring (bicyclic) bond motifs is 1. The molecule has 0 saturated carbocycles. The van der Waals surface area contributed by atoms with Crippen LogP contribution in [0.25, 0.3) is 6.08 Å². The van der Waals surface area contributed by atoms with Crippen molar-refractivity contribution in [2.45, 2.75) is 38.5 Å². The van der Waals surface area contributed by atoms with Gasteiger partial charge in [-0.25, -0.2) is 0 Å². The minimum atomic E-state index is -0.493. The first-order valence-corrected chi connectivity index (χ1v) is 10.4. The lowest BCUT2D eigenvalue weighted by molar-refractivity contribution is -0.111. The van der Waals surface area contributed by atoms with Gasteiger partial charge in [-0.3, -0.25) is 9.59 Å². The highest BCUT2D eigenvalue weighted by Crippen LogP contribution is 2.36. The fraction of sp³-hybridized carbons (Fsp3) is 0.300. The molecule has 1 aromatic heterocycles. The van der Waals surface area contributed by atoms with Gasteiger partial charge >= 0.3 is 0 Å². The van der Waals surface area contributed by atoms with Gasteiger partial charge in [-0.1, -0.05) is 42.1 Å². The van der Waals surface area contributed by atoms with Crippen LogP contribution in [0.3, 0.4) is 0 Å². The highest BCUT2D eigenvalue weighted by Gasteiger charge is 2.23. The summed E-state index contributed by atoms with van der Waals surface area (Å²) in [4.78, 5) is 25.6. The number of halogens is 2. The Balaban J connectivity index is 1.82. The molecule has 3 rings (SSSR count). The van der Waals surface area contributed by atoms with E-state index in [4.69, 9.17) is 28.9 Å². The van der Waals surface area contributed by atoms with Gasteiger partial charge in [0.1, 0.15) is 5.00 Å². The molecule has 1 aliphatic rings. The molecule has 27 heavy (non-hydrogen) atoms. The Bertz CT molecular complexity index is 906. The zero-order chi connectivity index (χ0) is 19.4. The van der Waals surface area contributed by atoms with Crippen LogP contribution in [-0.2, 0) is 17.6 Å². The molecule has 2 aromatic rings. The summed E-state index contributed by atoms with van der Waals surface area (Å²) >= 11 is 13.4. The molecule has 0 radical (unpaired) electrons. The lowest BCUT2D eigenvalue weighted by Crippen LogP contribution is -2.17. The number of thiophene rings is 1. The standard InChI is InChI=1S/C20H20Cl2N2O2S/c21-13-9-7-12(15(22)11-13)8-10-17(25)24-20-18(19(23)26)14-5-3-1-2-4-6-16(14)27-20/h7-11H,1-6H2,(H2,23,26)(H,24,25)/b10-8+. The van der Waals surface area contributed by atoms with Crippen molar-refractivity contribution >= 4 is 57.4 Å². The predicted molar refractivity (Wildman–Crippen MR) is 113 cm³/mol. The van der Waals surface area contributed by atoms with Crippen LogP contribution in [0.1, 0.15) is 52.0 Å². The van der Waals surface area contributed by atoms with Gasteiger partial charge in [0, 0.05) is 21.0 Å².